The first kappa shape index (κ1) is 17.9. The molecule has 2 heterocycles. The molecule has 1 aliphatic rings. The molecule has 1 amide bonds. The average Bonchev–Trinajstić information content (AvgIpc) is 3.26. The Morgan fingerprint density at radius 3 is 2.74 bits per heavy atom. The molecule has 27 heavy (non-hydrogen) atoms. The van der Waals surface area contributed by atoms with E-state index in [1.54, 1.807) is 6.07 Å². The van der Waals surface area contributed by atoms with Gasteiger partial charge in [0, 0.05) is 17.8 Å². The van der Waals surface area contributed by atoms with Crippen molar-refractivity contribution in [3.8, 4) is 11.4 Å². The van der Waals surface area contributed by atoms with Crippen molar-refractivity contribution < 1.29 is 4.79 Å². The van der Waals surface area contributed by atoms with E-state index < -0.39 is 0 Å². The maximum absolute atomic E-state index is 12.9. The van der Waals surface area contributed by atoms with Crippen LogP contribution in [0.4, 0.5) is 5.69 Å². The average molecular weight is 400 g/mol. The first-order valence-electron chi connectivity index (χ1n) is 8.57. The van der Waals surface area contributed by atoms with Crippen LogP contribution in [0, 0.1) is 0 Å². The van der Waals surface area contributed by atoms with Gasteiger partial charge in [-0.1, -0.05) is 53.7 Å². The summed E-state index contributed by atoms with van der Waals surface area (Å²) in [6, 6.07) is 15.3. The SMILES string of the molecule is CC(Sc1nnc(-c2ccccc2Cl)n1N)C(=O)N1CCc2ccccc21. The van der Waals surface area contributed by atoms with Gasteiger partial charge in [0.1, 0.15) is 0 Å². The van der Waals surface area contributed by atoms with E-state index in [9.17, 15) is 4.79 Å². The zero-order valence-corrected chi connectivity index (χ0v) is 16.2. The van der Waals surface area contributed by atoms with Gasteiger partial charge in [-0.3, -0.25) is 4.79 Å². The predicted molar refractivity (Wildman–Crippen MR) is 108 cm³/mol. The molecule has 0 saturated carbocycles. The quantitative estimate of drug-likeness (QED) is 0.537. The van der Waals surface area contributed by atoms with Crippen LogP contribution in [-0.4, -0.2) is 32.6 Å². The van der Waals surface area contributed by atoms with Crippen LogP contribution < -0.4 is 10.7 Å². The van der Waals surface area contributed by atoms with Gasteiger partial charge in [0.05, 0.1) is 10.3 Å². The molecule has 4 rings (SSSR count). The van der Waals surface area contributed by atoms with Crippen molar-refractivity contribution in [3.63, 3.8) is 0 Å². The Bertz CT molecular complexity index is 1010. The Kier molecular flexibility index (Phi) is 4.80. The van der Waals surface area contributed by atoms with Gasteiger partial charge in [-0.15, -0.1) is 10.2 Å². The van der Waals surface area contributed by atoms with Crippen LogP contribution in [-0.2, 0) is 11.2 Å². The molecule has 1 aliphatic heterocycles. The van der Waals surface area contributed by atoms with Crippen molar-refractivity contribution in [1.29, 1.82) is 0 Å². The highest BCUT2D eigenvalue weighted by Gasteiger charge is 2.29. The second kappa shape index (κ2) is 7.25. The lowest BCUT2D eigenvalue weighted by Crippen LogP contribution is -2.35. The van der Waals surface area contributed by atoms with Gasteiger partial charge >= 0.3 is 0 Å². The fraction of sp³-hybridized carbons (Fsp3) is 0.211. The highest BCUT2D eigenvalue weighted by atomic mass is 35.5. The lowest BCUT2D eigenvalue weighted by Gasteiger charge is -2.21. The number of amides is 1. The Hall–Kier alpha value is -2.51. The molecule has 6 nitrogen and oxygen atoms in total. The lowest BCUT2D eigenvalue weighted by atomic mass is 10.2. The second-order valence-electron chi connectivity index (χ2n) is 6.28. The smallest absolute Gasteiger partial charge is 0.240 e. The molecular weight excluding hydrogens is 382 g/mol. The first-order valence-corrected chi connectivity index (χ1v) is 9.83. The van der Waals surface area contributed by atoms with Crippen molar-refractivity contribution in [2.45, 2.75) is 23.8 Å². The number of hydrogen-bond donors (Lipinski definition) is 1. The number of benzene rings is 2. The molecule has 1 unspecified atom stereocenters. The molecular formula is C19H18ClN5OS. The summed E-state index contributed by atoms with van der Waals surface area (Å²) in [7, 11) is 0. The number of rotatable bonds is 4. The largest absolute Gasteiger partial charge is 0.335 e. The molecule has 0 bridgehead atoms. The Morgan fingerprint density at radius 1 is 1.19 bits per heavy atom. The van der Waals surface area contributed by atoms with Gasteiger partial charge in [-0.05, 0) is 37.1 Å². The van der Waals surface area contributed by atoms with Crippen LogP contribution in [0.15, 0.2) is 53.7 Å². The number of anilines is 1. The van der Waals surface area contributed by atoms with Crippen LogP contribution in [0.25, 0.3) is 11.4 Å². The summed E-state index contributed by atoms with van der Waals surface area (Å²) < 4.78 is 1.38. The maximum atomic E-state index is 12.9. The monoisotopic (exact) mass is 399 g/mol. The molecule has 2 N–H and O–H groups in total. The summed E-state index contributed by atoms with van der Waals surface area (Å²) in [5, 5.41) is 8.97. The minimum Gasteiger partial charge on any atom is -0.335 e. The standard InChI is InChI=1S/C19H18ClN5OS/c1-12(18(26)24-11-10-13-6-2-5-9-16(13)24)27-19-23-22-17(25(19)21)14-7-3-4-8-15(14)20/h2-9,12H,10-11,21H2,1H3. The number of fused-ring (bicyclic) bond motifs is 1. The number of hydrogen-bond acceptors (Lipinski definition) is 5. The van der Waals surface area contributed by atoms with Crippen molar-refractivity contribution in [3.05, 3.63) is 59.1 Å². The van der Waals surface area contributed by atoms with Crippen molar-refractivity contribution in [2.24, 2.45) is 0 Å². The van der Waals surface area contributed by atoms with E-state index in [1.807, 2.05) is 48.2 Å². The minimum absolute atomic E-state index is 0.0345. The Labute approximate surface area is 166 Å². The van der Waals surface area contributed by atoms with Crippen LogP contribution in [0.1, 0.15) is 12.5 Å². The van der Waals surface area contributed by atoms with E-state index in [0.717, 1.165) is 12.1 Å². The number of nitrogens with two attached hydrogens (primary N) is 1. The molecule has 1 aromatic heterocycles. The zero-order chi connectivity index (χ0) is 19.0. The highest BCUT2D eigenvalue weighted by Crippen LogP contribution is 2.32. The molecule has 0 fully saturated rings. The zero-order valence-electron chi connectivity index (χ0n) is 14.7. The second-order valence-corrected chi connectivity index (χ2v) is 8.00. The first-order chi connectivity index (χ1) is 13.1. The number of carbonyl (C=O) groups is 1. The molecule has 8 heteroatoms. The summed E-state index contributed by atoms with van der Waals surface area (Å²) in [5.74, 6) is 6.67. The maximum Gasteiger partial charge on any atom is 0.240 e. The number of para-hydroxylation sites is 1. The highest BCUT2D eigenvalue weighted by molar-refractivity contribution is 8.00. The van der Waals surface area contributed by atoms with E-state index in [-0.39, 0.29) is 11.2 Å². The Morgan fingerprint density at radius 2 is 1.93 bits per heavy atom. The van der Waals surface area contributed by atoms with E-state index >= 15 is 0 Å². The number of carbonyl (C=O) groups excluding carboxylic acids is 1. The van der Waals surface area contributed by atoms with E-state index in [4.69, 9.17) is 17.4 Å². The summed E-state index contributed by atoms with van der Waals surface area (Å²) in [6.07, 6.45) is 0.878. The normalized spacial score (nSPS) is 14.2. The molecule has 2 aromatic carbocycles. The molecule has 0 spiro atoms. The number of aromatic nitrogens is 3. The number of halogens is 1. The van der Waals surface area contributed by atoms with Crippen molar-refractivity contribution in [1.82, 2.24) is 14.9 Å². The minimum atomic E-state index is -0.346. The third-order valence-corrected chi connectivity index (χ3v) is 5.94. The topological polar surface area (TPSA) is 77.0 Å². The van der Waals surface area contributed by atoms with Crippen LogP contribution in [0.5, 0.6) is 0 Å². The molecule has 0 radical (unpaired) electrons. The summed E-state index contributed by atoms with van der Waals surface area (Å²) >= 11 is 7.52. The van der Waals surface area contributed by atoms with E-state index in [0.29, 0.717) is 28.1 Å². The Balaban J connectivity index is 1.53. The van der Waals surface area contributed by atoms with Gasteiger partial charge in [0.2, 0.25) is 11.1 Å². The van der Waals surface area contributed by atoms with Gasteiger partial charge in [-0.2, -0.15) is 0 Å². The van der Waals surface area contributed by atoms with Gasteiger partial charge in [0.15, 0.2) is 5.82 Å². The number of nitrogen functional groups attached to an aromatic ring is 1. The fourth-order valence-electron chi connectivity index (χ4n) is 3.18. The molecule has 1 atom stereocenters. The van der Waals surface area contributed by atoms with Crippen LogP contribution in [0.3, 0.4) is 0 Å². The molecule has 138 valence electrons. The molecule has 0 aliphatic carbocycles. The van der Waals surface area contributed by atoms with Crippen LogP contribution >= 0.6 is 23.4 Å². The molecule has 3 aromatic rings. The summed E-state index contributed by atoms with van der Waals surface area (Å²) in [5.41, 5.74) is 2.89. The van der Waals surface area contributed by atoms with E-state index in [2.05, 4.69) is 16.3 Å². The fourth-order valence-corrected chi connectivity index (χ4v) is 4.23. The third-order valence-electron chi connectivity index (χ3n) is 4.56. The van der Waals surface area contributed by atoms with Gasteiger partial charge in [-0.25, -0.2) is 4.68 Å². The van der Waals surface area contributed by atoms with E-state index in [1.165, 1.54) is 22.0 Å². The molecule has 0 saturated heterocycles. The summed E-state index contributed by atoms with van der Waals surface area (Å²) in [4.78, 5) is 14.8. The van der Waals surface area contributed by atoms with Gasteiger partial charge in [0.25, 0.3) is 0 Å². The predicted octanol–water partition coefficient (Wildman–Crippen LogP) is 3.38. The third kappa shape index (κ3) is 3.28. The van der Waals surface area contributed by atoms with Gasteiger partial charge < -0.3 is 10.7 Å². The van der Waals surface area contributed by atoms with Crippen molar-refractivity contribution in [2.75, 3.05) is 17.3 Å². The summed E-state index contributed by atoms with van der Waals surface area (Å²) in [6.45, 7) is 2.56. The number of thioether (sulfide) groups is 1. The van der Waals surface area contributed by atoms with Crippen LogP contribution in [0.2, 0.25) is 5.02 Å². The van der Waals surface area contributed by atoms with Crippen molar-refractivity contribution >= 4 is 35.0 Å². The lowest BCUT2D eigenvalue weighted by molar-refractivity contribution is -0.117. The number of nitrogens with zero attached hydrogens (tertiary/aromatic N) is 4.